The van der Waals surface area contributed by atoms with Crippen LogP contribution in [0.1, 0.15) is 43.6 Å². The van der Waals surface area contributed by atoms with Crippen molar-refractivity contribution in [3.63, 3.8) is 0 Å². The second-order valence-corrected chi connectivity index (χ2v) is 8.33. The highest BCUT2D eigenvalue weighted by atomic mass is 79.9. The summed E-state index contributed by atoms with van der Waals surface area (Å²) in [6.45, 7) is 0. The Kier molecular flexibility index (Phi) is 3.99. The van der Waals surface area contributed by atoms with Gasteiger partial charge in [0.2, 0.25) is 0 Å². The van der Waals surface area contributed by atoms with Crippen LogP contribution in [0.3, 0.4) is 0 Å². The number of halogens is 1. The second-order valence-electron chi connectivity index (χ2n) is 6.17. The van der Waals surface area contributed by atoms with Crippen molar-refractivity contribution in [1.29, 1.82) is 0 Å². The molecular weight excluding hydrogens is 358 g/mol. The van der Waals surface area contributed by atoms with Crippen molar-refractivity contribution >= 4 is 39.2 Å². The van der Waals surface area contributed by atoms with Crippen LogP contribution < -0.4 is 0 Å². The minimum absolute atomic E-state index is 0.193. The number of carbonyl (C=O) groups is 1. The Morgan fingerprint density at radius 3 is 2.95 bits per heavy atom. The smallest absolute Gasteiger partial charge is 0.161 e. The van der Waals surface area contributed by atoms with Crippen molar-refractivity contribution < 1.29 is 4.79 Å². The minimum atomic E-state index is 0.193. The van der Waals surface area contributed by atoms with Gasteiger partial charge in [-0.25, -0.2) is 0 Å². The van der Waals surface area contributed by atoms with E-state index in [2.05, 4.69) is 34.1 Å². The largest absolute Gasteiger partial charge is 0.294 e. The Morgan fingerprint density at radius 2 is 2.09 bits per heavy atom. The number of ketones is 1. The maximum atomic E-state index is 12.6. The van der Waals surface area contributed by atoms with E-state index in [0.717, 1.165) is 35.0 Å². The van der Waals surface area contributed by atoms with Crippen molar-refractivity contribution in [2.75, 3.05) is 5.75 Å². The van der Waals surface area contributed by atoms with E-state index in [-0.39, 0.29) is 5.92 Å². The molecule has 4 rings (SSSR count). The molecule has 2 heterocycles. The molecule has 4 heteroatoms. The highest BCUT2D eigenvalue weighted by Crippen LogP contribution is 2.46. The van der Waals surface area contributed by atoms with Gasteiger partial charge < -0.3 is 0 Å². The minimum Gasteiger partial charge on any atom is -0.294 e. The molecule has 3 aliphatic rings. The summed E-state index contributed by atoms with van der Waals surface area (Å²) in [6.07, 6.45) is 4.91. The predicted molar refractivity (Wildman–Crippen MR) is 95.7 cm³/mol. The molecule has 2 atom stereocenters. The Hall–Kier alpha value is -0.870. The van der Waals surface area contributed by atoms with Gasteiger partial charge in [-0.05, 0) is 49.1 Å². The molecule has 2 unspecified atom stereocenters. The van der Waals surface area contributed by atoms with Crippen LogP contribution in [0.15, 0.2) is 45.0 Å². The summed E-state index contributed by atoms with van der Waals surface area (Å²) in [4.78, 5) is 17.5. The lowest BCUT2D eigenvalue weighted by molar-refractivity contribution is -0.116. The maximum absolute atomic E-state index is 12.6. The van der Waals surface area contributed by atoms with E-state index in [1.807, 2.05) is 17.8 Å². The van der Waals surface area contributed by atoms with Gasteiger partial charge in [0.05, 0.1) is 5.25 Å². The third kappa shape index (κ3) is 2.50. The van der Waals surface area contributed by atoms with Gasteiger partial charge in [0.15, 0.2) is 5.78 Å². The third-order valence-corrected chi connectivity index (χ3v) is 6.65. The van der Waals surface area contributed by atoms with E-state index in [1.165, 1.54) is 23.4 Å². The first-order chi connectivity index (χ1) is 10.7. The van der Waals surface area contributed by atoms with Crippen molar-refractivity contribution in [1.82, 2.24) is 0 Å². The molecule has 0 aromatic heterocycles. The molecule has 22 heavy (non-hydrogen) atoms. The molecule has 0 radical (unpaired) electrons. The van der Waals surface area contributed by atoms with Crippen LogP contribution in [-0.4, -0.2) is 22.5 Å². The molecule has 0 amide bonds. The Balaban J connectivity index is 1.87. The molecule has 0 saturated carbocycles. The number of hydrogen-bond donors (Lipinski definition) is 0. The number of rotatable bonds is 1. The van der Waals surface area contributed by atoms with Gasteiger partial charge >= 0.3 is 0 Å². The number of thioether (sulfide) groups is 1. The van der Waals surface area contributed by atoms with Crippen molar-refractivity contribution in [3.05, 3.63) is 45.6 Å². The summed E-state index contributed by atoms with van der Waals surface area (Å²) < 4.78 is 1.08. The predicted octanol–water partition coefficient (Wildman–Crippen LogP) is 4.89. The van der Waals surface area contributed by atoms with Gasteiger partial charge in [-0.2, -0.15) is 11.8 Å². The lowest BCUT2D eigenvalue weighted by Gasteiger charge is -2.38. The molecule has 0 bridgehead atoms. The van der Waals surface area contributed by atoms with Crippen LogP contribution in [0.5, 0.6) is 0 Å². The summed E-state index contributed by atoms with van der Waals surface area (Å²) in [5.74, 6) is 1.68. The molecule has 1 aromatic rings. The summed E-state index contributed by atoms with van der Waals surface area (Å²) in [7, 11) is 0. The number of Topliss-reactive ketones (excluding diaryl/α,β-unsaturated/α-hetero) is 1. The van der Waals surface area contributed by atoms with Crippen LogP contribution in [0.4, 0.5) is 0 Å². The first kappa shape index (κ1) is 14.7. The highest BCUT2D eigenvalue weighted by molar-refractivity contribution is 9.10. The SMILES string of the molecule is O=C1CCCC2=C1C(c1cccc(Br)c1)C1SCCCC1=N2. The average Bonchev–Trinajstić information content (AvgIpc) is 2.53. The zero-order valence-electron chi connectivity index (χ0n) is 12.3. The molecule has 114 valence electrons. The fraction of sp³-hybridized carbons (Fsp3) is 0.444. The molecule has 2 nitrogen and oxygen atoms in total. The monoisotopic (exact) mass is 375 g/mol. The quantitative estimate of drug-likeness (QED) is 0.698. The summed E-state index contributed by atoms with van der Waals surface area (Å²) in [5, 5.41) is 0.351. The molecule has 1 fully saturated rings. The third-order valence-electron chi connectivity index (χ3n) is 4.73. The van der Waals surface area contributed by atoms with Crippen molar-refractivity contribution in [2.45, 2.75) is 43.3 Å². The van der Waals surface area contributed by atoms with E-state index in [0.29, 0.717) is 17.5 Å². The molecule has 0 spiro atoms. The van der Waals surface area contributed by atoms with Crippen molar-refractivity contribution in [2.24, 2.45) is 4.99 Å². The van der Waals surface area contributed by atoms with Crippen LogP contribution in [0.25, 0.3) is 0 Å². The van der Waals surface area contributed by atoms with E-state index in [9.17, 15) is 4.79 Å². The van der Waals surface area contributed by atoms with E-state index in [1.54, 1.807) is 0 Å². The standard InChI is InChI=1S/C18H18BrNOS/c19-12-5-1-4-11(10-12)16-17-13(6-2-8-15(17)21)20-14-7-3-9-22-18(14)16/h1,4-5,10,16,18H,2-3,6-9H2. The average molecular weight is 376 g/mol. The molecular formula is C18H18BrNOS. The summed E-state index contributed by atoms with van der Waals surface area (Å²) in [6, 6.07) is 8.47. The van der Waals surface area contributed by atoms with E-state index < -0.39 is 0 Å². The normalized spacial score (nSPS) is 28.0. The number of allylic oxidation sites excluding steroid dienone is 2. The zero-order valence-corrected chi connectivity index (χ0v) is 14.8. The molecule has 0 N–H and O–H groups in total. The van der Waals surface area contributed by atoms with Crippen LogP contribution in [0.2, 0.25) is 0 Å². The number of benzene rings is 1. The second kappa shape index (κ2) is 5.97. The fourth-order valence-corrected chi connectivity index (χ4v) is 5.62. The van der Waals surface area contributed by atoms with Gasteiger partial charge in [-0.3, -0.25) is 9.79 Å². The van der Waals surface area contributed by atoms with Gasteiger partial charge in [0, 0.05) is 33.8 Å². The number of hydrogen-bond acceptors (Lipinski definition) is 3. The topological polar surface area (TPSA) is 29.4 Å². The van der Waals surface area contributed by atoms with Gasteiger partial charge in [0.25, 0.3) is 0 Å². The van der Waals surface area contributed by atoms with Crippen LogP contribution >= 0.6 is 27.7 Å². The van der Waals surface area contributed by atoms with Gasteiger partial charge in [-0.15, -0.1) is 0 Å². The van der Waals surface area contributed by atoms with E-state index >= 15 is 0 Å². The number of nitrogens with zero attached hydrogens (tertiary/aromatic N) is 1. The Bertz CT molecular complexity index is 694. The summed E-state index contributed by atoms with van der Waals surface area (Å²) in [5.41, 5.74) is 4.65. The van der Waals surface area contributed by atoms with Gasteiger partial charge in [0.1, 0.15) is 0 Å². The summed E-state index contributed by atoms with van der Waals surface area (Å²) >= 11 is 5.56. The number of aliphatic imine (C=N–C) groups is 1. The fourth-order valence-electron chi connectivity index (χ4n) is 3.79. The Labute approximate surface area is 143 Å². The molecule has 1 aliphatic carbocycles. The van der Waals surface area contributed by atoms with Crippen LogP contribution in [-0.2, 0) is 4.79 Å². The van der Waals surface area contributed by atoms with Crippen molar-refractivity contribution in [3.8, 4) is 0 Å². The first-order valence-corrected chi connectivity index (χ1v) is 9.79. The maximum Gasteiger partial charge on any atom is 0.161 e. The lowest BCUT2D eigenvalue weighted by Crippen LogP contribution is -2.36. The van der Waals surface area contributed by atoms with Crippen LogP contribution in [0, 0.1) is 0 Å². The molecule has 1 saturated heterocycles. The van der Waals surface area contributed by atoms with Gasteiger partial charge in [-0.1, -0.05) is 28.1 Å². The van der Waals surface area contributed by atoms with E-state index in [4.69, 9.17) is 4.99 Å². The highest BCUT2D eigenvalue weighted by Gasteiger charge is 2.41. The lowest BCUT2D eigenvalue weighted by atomic mass is 9.76. The first-order valence-electron chi connectivity index (χ1n) is 7.95. The molecule has 1 aromatic carbocycles. The molecule has 2 aliphatic heterocycles. The zero-order chi connectivity index (χ0) is 15.1. The number of carbonyl (C=O) groups excluding carboxylic acids is 1. The number of fused-ring (bicyclic) bond motifs is 1. The Morgan fingerprint density at radius 1 is 1.18 bits per heavy atom.